The van der Waals surface area contributed by atoms with Gasteiger partial charge in [-0.2, -0.15) is 0 Å². The zero-order chi connectivity index (χ0) is 14.9. The summed E-state index contributed by atoms with van der Waals surface area (Å²) in [5, 5.41) is 10.4. The van der Waals surface area contributed by atoms with E-state index in [1.54, 1.807) is 0 Å². The number of hydrogen-bond donors (Lipinski definition) is 1. The number of para-hydroxylation sites is 1. The minimum Gasteiger partial charge on any atom is -0.347 e. The van der Waals surface area contributed by atoms with Crippen molar-refractivity contribution in [3.8, 4) is 5.69 Å². The summed E-state index contributed by atoms with van der Waals surface area (Å²) in [4.78, 5) is 12.0. The molecule has 3 rings (SSSR count). The van der Waals surface area contributed by atoms with Crippen LogP contribution in [0.1, 0.15) is 16.9 Å². The molecule has 1 aliphatic rings. The molecule has 7 nitrogen and oxygen atoms in total. The SMILES string of the molecule is O=C(N[C@H]1CCS(=O)(=O)C1)c1cn(-c2ccccc2)nn1. The number of sulfone groups is 1. The van der Waals surface area contributed by atoms with Crippen LogP contribution in [0.2, 0.25) is 0 Å². The van der Waals surface area contributed by atoms with Gasteiger partial charge in [0.2, 0.25) is 0 Å². The first-order valence-electron chi connectivity index (χ1n) is 6.52. The smallest absolute Gasteiger partial charge is 0.273 e. The molecule has 8 heteroatoms. The molecule has 1 saturated heterocycles. The highest BCUT2D eigenvalue weighted by atomic mass is 32.2. The van der Waals surface area contributed by atoms with Crippen molar-refractivity contribution in [2.24, 2.45) is 0 Å². The molecule has 0 saturated carbocycles. The average molecular weight is 306 g/mol. The molecule has 1 fully saturated rings. The van der Waals surface area contributed by atoms with Gasteiger partial charge in [0.1, 0.15) is 0 Å². The summed E-state index contributed by atoms with van der Waals surface area (Å²) in [5.74, 6) is -0.292. The molecule has 0 unspecified atom stereocenters. The molecule has 1 aliphatic heterocycles. The Labute approximate surface area is 121 Å². The number of benzene rings is 1. The maximum atomic E-state index is 12.0. The Hall–Kier alpha value is -2.22. The Kier molecular flexibility index (Phi) is 3.46. The van der Waals surface area contributed by atoms with Crippen LogP contribution in [0.4, 0.5) is 0 Å². The average Bonchev–Trinajstić information content (AvgIpc) is 3.07. The van der Waals surface area contributed by atoms with Crippen molar-refractivity contribution in [1.29, 1.82) is 0 Å². The van der Waals surface area contributed by atoms with Gasteiger partial charge in [-0.15, -0.1) is 5.10 Å². The highest BCUT2D eigenvalue weighted by Crippen LogP contribution is 2.12. The first kappa shape index (κ1) is 13.7. The number of carbonyl (C=O) groups excluding carboxylic acids is 1. The fourth-order valence-electron chi connectivity index (χ4n) is 2.24. The van der Waals surface area contributed by atoms with Crippen LogP contribution in [0.15, 0.2) is 36.5 Å². The van der Waals surface area contributed by atoms with Crippen LogP contribution in [-0.4, -0.2) is 46.9 Å². The number of nitrogens with zero attached hydrogens (tertiary/aromatic N) is 3. The quantitative estimate of drug-likeness (QED) is 0.873. The van der Waals surface area contributed by atoms with Crippen molar-refractivity contribution in [2.75, 3.05) is 11.5 Å². The second kappa shape index (κ2) is 5.28. The van der Waals surface area contributed by atoms with Crippen molar-refractivity contribution in [2.45, 2.75) is 12.5 Å². The summed E-state index contributed by atoms with van der Waals surface area (Å²) in [7, 11) is -3.02. The van der Waals surface area contributed by atoms with Crippen LogP contribution in [0.25, 0.3) is 5.69 Å². The fourth-order valence-corrected chi connectivity index (χ4v) is 3.92. The van der Waals surface area contributed by atoms with Crippen molar-refractivity contribution in [1.82, 2.24) is 20.3 Å². The molecule has 1 amide bonds. The normalized spacial score (nSPS) is 20.3. The predicted molar refractivity (Wildman–Crippen MR) is 75.9 cm³/mol. The van der Waals surface area contributed by atoms with Crippen LogP contribution < -0.4 is 5.32 Å². The summed E-state index contributed by atoms with van der Waals surface area (Å²) in [6, 6.07) is 8.96. The van der Waals surface area contributed by atoms with Gasteiger partial charge >= 0.3 is 0 Å². The molecule has 1 aromatic heterocycles. The topological polar surface area (TPSA) is 94.0 Å². The van der Waals surface area contributed by atoms with Crippen LogP contribution >= 0.6 is 0 Å². The Balaban J connectivity index is 1.70. The molecule has 0 aliphatic carbocycles. The van der Waals surface area contributed by atoms with E-state index in [4.69, 9.17) is 0 Å². The van der Waals surface area contributed by atoms with Crippen LogP contribution in [0.5, 0.6) is 0 Å². The van der Waals surface area contributed by atoms with Gasteiger partial charge in [0.05, 0.1) is 23.4 Å². The van der Waals surface area contributed by atoms with Gasteiger partial charge in [0.25, 0.3) is 5.91 Å². The van der Waals surface area contributed by atoms with Crippen LogP contribution in [0.3, 0.4) is 0 Å². The molecule has 1 N–H and O–H groups in total. The van der Waals surface area contributed by atoms with E-state index in [1.165, 1.54) is 10.9 Å². The maximum Gasteiger partial charge on any atom is 0.273 e. The van der Waals surface area contributed by atoms with E-state index in [0.29, 0.717) is 6.42 Å². The summed E-state index contributed by atoms with van der Waals surface area (Å²) in [6.45, 7) is 0. The Morgan fingerprint density at radius 2 is 2.05 bits per heavy atom. The number of amides is 1. The number of carbonyl (C=O) groups is 1. The molecule has 2 heterocycles. The number of hydrogen-bond acceptors (Lipinski definition) is 5. The Morgan fingerprint density at radius 1 is 1.29 bits per heavy atom. The highest BCUT2D eigenvalue weighted by molar-refractivity contribution is 7.91. The highest BCUT2D eigenvalue weighted by Gasteiger charge is 2.29. The Bertz CT molecular complexity index is 755. The summed E-state index contributed by atoms with van der Waals surface area (Å²) in [6.07, 6.45) is 1.97. The van der Waals surface area contributed by atoms with Crippen LogP contribution in [0, 0.1) is 0 Å². The third kappa shape index (κ3) is 3.10. The van der Waals surface area contributed by atoms with E-state index >= 15 is 0 Å². The molecule has 2 aromatic rings. The fraction of sp³-hybridized carbons (Fsp3) is 0.308. The van der Waals surface area contributed by atoms with Crippen molar-refractivity contribution >= 4 is 15.7 Å². The standard InChI is InChI=1S/C13H14N4O3S/c18-13(14-10-6-7-21(19,20)9-10)12-8-17(16-15-12)11-4-2-1-3-5-11/h1-5,8,10H,6-7,9H2,(H,14,18)/t10-/m0/s1. The van der Waals surface area contributed by atoms with Gasteiger partial charge in [0, 0.05) is 6.04 Å². The molecule has 0 radical (unpaired) electrons. The minimum absolute atomic E-state index is 0.00837. The summed E-state index contributed by atoms with van der Waals surface area (Å²) in [5.41, 5.74) is 0.968. The zero-order valence-corrected chi connectivity index (χ0v) is 12.0. The van der Waals surface area contributed by atoms with Crippen molar-refractivity contribution in [3.05, 3.63) is 42.2 Å². The molecular weight excluding hydrogens is 292 g/mol. The monoisotopic (exact) mass is 306 g/mol. The van der Waals surface area contributed by atoms with Gasteiger partial charge in [-0.1, -0.05) is 23.4 Å². The predicted octanol–water partition coefficient (Wildman–Crippen LogP) is 0.184. The lowest BCUT2D eigenvalue weighted by Crippen LogP contribution is -2.35. The lowest BCUT2D eigenvalue weighted by atomic mass is 10.2. The first-order valence-corrected chi connectivity index (χ1v) is 8.35. The zero-order valence-electron chi connectivity index (χ0n) is 11.1. The third-order valence-corrected chi connectivity index (χ3v) is 5.08. The van der Waals surface area contributed by atoms with Gasteiger partial charge in [-0.05, 0) is 18.6 Å². The lowest BCUT2D eigenvalue weighted by molar-refractivity contribution is 0.0936. The molecular formula is C13H14N4O3S. The van der Waals surface area contributed by atoms with E-state index in [9.17, 15) is 13.2 Å². The van der Waals surface area contributed by atoms with E-state index in [2.05, 4.69) is 15.6 Å². The molecule has 110 valence electrons. The second-order valence-corrected chi connectivity index (χ2v) is 7.19. The molecule has 1 aromatic carbocycles. The van der Waals surface area contributed by atoms with E-state index in [1.807, 2.05) is 30.3 Å². The molecule has 0 spiro atoms. The van der Waals surface area contributed by atoms with Crippen molar-refractivity contribution < 1.29 is 13.2 Å². The maximum absolute atomic E-state index is 12.0. The lowest BCUT2D eigenvalue weighted by Gasteiger charge is -2.08. The van der Waals surface area contributed by atoms with E-state index < -0.39 is 15.7 Å². The van der Waals surface area contributed by atoms with Crippen LogP contribution in [-0.2, 0) is 9.84 Å². The van der Waals surface area contributed by atoms with Crippen molar-refractivity contribution in [3.63, 3.8) is 0 Å². The number of nitrogens with one attached hydrogen (secondary N) is 1. The molecule has 1 atom stereocenters. The van der Waals surface area contributed by atoms with E-state index in [0.717, 1.165) is 5.69 Å². The number of aromatic nitrogens is 3. The van der Waals surface area contributed by atoms with Gasteiger partial charge < -0.3 is 5.32 Å². The largest absolute Gasteiger partial charge is 0.347 e. The third-order valence-electron chi connectivity index (χ3n) is 3.31. The summed E-state index contributed by atoms with van der Waals surface area (Å²) < 4.78 is 24.2. The molecule has 21 heavy (non-hydrogen) atoms. The summed E-state index contributed by atoms with van der Waals surface area (Å²) >= 11 is 0. The van der Waals surface area contributed by atoms with E-state index in [-0.39, 0.29) is 23.2 Å². The van der Waals surface area contributed by atoms with Gasteiger partial charge in [-0.25, -0.2) is 13.1 Å². The Morgan fingerprint density at radius 3 is 2.71 bits per heavy atom. The first-order chi connectivity index (χ1) is 10.0. The number of rotatable bonds is 3. The second-order valence-electron chi connectivity index (χ2n) is 4.96. The minimum atomic E-state index is -3.02. The molecule has 0 bridgehead atoms. The van der Waals surface area contributed by atoms with Gasteiger partial charge in [-0.3, -0.25) is 4.79 Å². The van der Waals surface area contributed by atoms with Gasteiger partial charge in [0.15, 0.2) is 15.5 Å².